The van der Waals surface area contributed by atoms with Gasteiger partial charge in [-0.1, -0.05) is 0 Å². The lowest BCUT2D eigenvalue weighted by molar-refractivity contribution is -0.124. The van der Waals surface area contributed by atoms with E-state index in [0.717, 1.165) is 64.2 Å². The molecule has 2 saturated carbocycles. The van der Waals surface area contributed by atoms with Crippen molar-refractivity contribution >= 4 is 11.9 Å². The van der Waals surface area contributed by atoms with E-state index in [4.69, 9.17) is 15.2 Å². The number of ether oxygens (including phenoxy) is 2. The summed E-state index contributed by atoms with van der Waals surface area (Å²) in [6, 6.07) is 0.0241. The monoisotopic (exact) mass is 509 g/mol. The number of rotatable bonds is 11. The van der Waals surface area contributed by atoms with Gasteiger partial charge in [-0.05, 0) is 84.0 Å². The lowest BCUT2D eigenvalue weighted by atomic mass is 9.79. The number of aliphatic hydroxyl groups is 1. The quantitative estimate of drug-likeness (QED) is 0.245. The first kappa shape index (κ1) is 27.6. The van der Waals surface area contributed by atoms with Gasteiger partial charge in [0.2, 0.25) is 5.91 Å². The number of urea groups is 1. The van der Waals surface area contributed by atoms with E-state index in [1.807, 2.05) is 0 Å². The third-order valence-corrected chi connectivity index (χ3v) is 8.49. The number of aliphatic hydroxyl groups excluding tert-OH is 1. The highest BCUT2D eigenvalue weighted by Crippen LogP contribution is 2.33. The number of nitrogens with two attached hydrogens (primary N) is 1. The molecule has 0 radical (unpaired) electrons. The summed E-state index contributed by atoms with van der Waals surface area (Å²) in [5.74, 6) is 0.334. The van der Waals surface area contributed by atoms with Gasteiger partial charge >= 0.3 is 6.03 Å². The fourth-order valence-corrected chi connectivity index (χ4v) is 6.44. The van der Waals surface area contributed by atoms with Crippen LogP contribution in [0.15, 0.2) is 0 Å². The summed E-state index contributed by atoms with van der Waals surface area (Å²) in [7, 11) is 0. The Morgan fingerprint density at radius 1 is 1.14 bits per heavy atom. The zero-order valence-electron chi connectivity index (χ0n) is 22.0. The van der Waals surface area contributed by atoms with Gasteiger partial charge < -0.3 is 36.3 Å². The first-order valence-corrected chi connectivity index (χ1v) is 14.0. The van der Waals surface area contributed by atoms with Gasteiger partial charge in [-0.25, -0.2) is 4.79 Å². The molecule has 0 aromatic rings. The van der Waals surface area contributed by atoms with Crippen LogP contribution in [0.3, 0.4) is 0 Å². The molecule has 10 nitrogen and oxygen atoms in total. The van der Waals surface area contributed by atoms with Gasteiger partial charge in [0, 0.05) is 18.6 Å². The fraction of sp³-hybridized carbons (Fsp3) is 0.923. The Morgan fingerprint density at radius 3 is 2.61 bits per heavy atom. The van der Waals surface area contributed by atoms with E-state index in [9.17, 15) is 14.7 Å². The average molecular weight is 510 g/mol. The summed E-state index contributed by atoms with van der Waals surface area (Å²) in [4.78, 5) is 23.0. The molecule has 10 heteroatoms. The van der Waals surface area contributed by atoms with Gasteiger partial charge in [0.15, 0.2) is 0 Å². The summed E-state index contributed by atoms with van der Waals surface area (Å²) >= 11 is 0. The maximum Gasteiger partial charge on any atom is 0.315 e. The van der Waals surface area contributed by atoms with Gasteiger partial charge in [0.05, 0.1) is 42.9 Å². The van der Waals surface area contributed by atoms with E-state index in [2.05, 4.69) is 35.1 Å². The van der Waals surface area contributed by atoms with E-state index in [0.29, 0.717) is 19.0 Å². The van der Waals surface area contributed by atoms with Crippen LogP contribution < -0.4 is 27.0 Å². The number of hydrogen-bond donors (Lipinski definition) is 6. The topological polar surface area (TPSA) is 147 Å². The van der Waals surface area contributed by atoms with Crippen LogP contribution in [0, 0.1) is 11.8 Å². The number of amides is 3. The van der Waals surface area contributed by atoms with Crippen molar-refractivity contribution in [3.8, 4) is 0 Å². The predicted octanol–water partition coefficient (Wildman–Crippen LogP) is 1.11. The Morgan fingerprint density at radius 2 is 1.92 bits per heavy atom. The minimum atomic E-state index is -0.587. The largest absolute Gasteiger partial charge is 0.389 e. The van der Waals surface area contributed by atoms with Gasteiger partial charge in [-0.3, -0.25) is 10.1 Å². The van der Waals surface area contributed by atoms with E-state index in [1.54, 1.807) is 0 Å². The highest BCUT2D eigenvalue weighted by Gasteiger charge is 2.40. The van der Waals surface area contributed by atoms with Gasteiger partial charge in [0.1, 0.15) is 6.23 Å². The van der Waals surface area contributed by atoms with Crippen LogP contribution >= 0.6 is 0 Å². The number of carbonyl (C=O) groups excluding carboxylic acids is 2. The van der Waals surface area contributed by atoms with E-state index < -0.39 is 6.10 Å². The van der Waals surface area contributed by atoms with Crippen molar-refractivity contribution in [2.45, 2.75) is 120 Å². The number of nitrogens with one attached hydrogen (secondary N) is 4. The molecule has 3 amide bonds. The lowest BCUT2D eigenvalue weighted by Crippen LogP contribution is -2.50. The maximum absolute atomic E-state index is 11.6. The number of hydrogen-bond acceptors (Lipinski definition) is 7. The van der Waals surface area contributed by atoms with Crippen molar-refractivity contribution < 1.29 is 24.2 Å². The zero-order chi connectivity index (χ0) is 25.7. The Labute approximate surface area is 215 Å². The van der Waals surface area contributed by atoms with Crippen molar-refractivity contribution in [1.29, 1.82) is 0 Å². The molecule has 36 heavy (non-hydrogen) atoms. The van der Waals surface area contributed by atoms with E-state index in [1.165, 1.54) is 0 Å². The normalized spacial score (nSPS) is 36.0. The van der Waals surface area contributed by atoms with Crippen molar-refractivity contribution in [2.75, 3.05) is 19.7 Å². The molecule has 2 aliphatic heterocycles. The van der Waals surface area contributed by atoms with Crippen molar-refractivity contribution in [2.24, 2.45) is 17.6 Å². The van der Waals surface area contributed by atoms with Crippen LogP contribution in [0.1, 0.15) is 78.1 Å². The smallest absolute Gasteiger partial charge is 0.315 e. The lowest BCUT2D eigenvalue weighted by Gasteiger charge is -2.37. The third kappa shape index (κ3) is 7.77. The van der Waals surface area contributed by atoms with Crippen LogP contribution in [0.2, 0.25) is 0 Å². The van der Waals surface area contributed by atoms with Crippen LogP contribution in [0.4, 0.5) is 4.79 Å². The predicted molar refractivity (Wildman–Crippen MR) is 136 cm³/mol. The highest BCUT2D eigenvalue weighted by atomic mass is 16.5. The van der Waals surface area contributed by atoms with Crippen LogP contribution in [-0.2, 0) is 14.3 Å². The van der Waals surface area contributed by atoms with Gasteiger partial charge in [0.25, 0.3) is 0 Å². The van der Waals surface area contributed by atoms with Gasteiger partial charge in [-0.15, -0.1) is 0 Å². The first-order chi connectivity index (χ1) is 17.2. The molecule has 0 aromatic heterocycles. The summed E-state index contributed by atoms with van der Waals surface area (Å²) in [6.07, 6.45) is 9.68. The second kappa shape index (κ2) is 12.4. The number of β-amino-alcohol motifs (C(OH)–C–C–N with tert-alkyl or cyclic N) is 1. The summed E-state index contributed by atoms with van der Waals surface area (Å²) in [6.45, 7) is 5.77. The maximum atomic E-state index is 11.6. The second-order valence-electron chi connectivity index (χ2n) is 12.0. The van der Waals surface area contributed by atoms with Crippen molar-refractivity contribution in [3.63, 3.8) is 0 Å². The molecule has 6 atom stereocenters. The van der Waals surface area contributed by atoms with E-state index >= 15 is 0 Å². The molecular weight excluding hydrogens is 462 g/mol. The number of piperidine rings is 1. The molecule has 4 rings (SSSR count). The molecule has 206 valence electrons. The molecule has 7 N–H and O–H groups in total. The van der Waals surface area contributed by atoms with E-state index in [-0.39, 0.29) is 60.5 Å². The Kier molecular flexibility index (Phi) is 9.49. The van der Waals surface area contributed by atoms with Crippen molar-refractivity contribution in [3.05, 3.63) is 0 Å². The summed E-state index contributed by atoms with van der Waals surface area (Å²) in [5.41, 5.74) is 5.33. The molecule has 2 saturated heterocycles. The third-order valence-electron chi connectivity index (χ3n) is 8.49. The molecule has 4 aliphatic rings. The molecule has 6 unspecified atom stereocenters. The standard InChI is InChI=1S/C26H47N5O5/c1-26(2,29-14-18(32)15-35-21-5-3-4-20-23(21)31-25(34)30-20)12-16-6-9-19(10-7-16)36-22-11-8-17(13-28-22)24(27)33/h16-23,28-29,32H,3-15H2,1-2H3,(H2,27,33)(H2,30,31,34). The minimum absolute atomic E-state index is 0.00269. The Hall–Kier alpha value is -1.46. The minimum Gasteiger partial charge on any atom is -0.389 e. The summed E-state index contributed by atoms with van der Waals surface area (Å²) < 4.78 is 12.3. The number of fused-ring (bicyclic) bond motifs is 1. The Bertz CT molecular complexity index is 736. The fourth-order valence-electron chi connectivity index (χ4n) is 6.44. The molecular formula is C26H47N5O5. The SMILES string of the molecule is CC(C)(CC1CCC(OC2CCC(C(N)=O)CN2)CC1)NCC(O)COC1CCCC2NC(=O)NC21. The molecule has 2 heterocycles. The molecule has 0 aromatic carbocycles. The summed E-state index contributed by atoms with van der Waals surface area (Å²) in [5, 5.41) is 23.3. The average Bonchev–Trinajstić information content (AvgIpc) is 3.23. The van der Waals surface area contributed by atoms with Gasteiger partial charge in [-0.2, -0.15) is 0 Å². The number of carbonyl (C=O) groups is 2. The molecule has 0 spiro atoms. The second-order valence-corrected chi connectivity index (χ2v) is 12.0. The van der Waals surface area contributed by atoms with Crippen LogP contribution in [0.5, 0.6) is 0 Å². The zero-order valence-corrected chi connectivity index (χ0v) is 22.0. The molecule has 4 fully saturated rings. The Balaban J connectivity index is 1.10. The highest BCUT2D eigenvalue weighted by molar-refractivity contribution is 5.77. The first-order valence-electron chi connectivity index (χ1n) is 14.0. The molecule has 0 bridgehead atoms. The van der Waals surface area contributed by atoms with Crippen LogP contribution in [-0.4, -0.2) is 78.9 Å². The van der Waals surface area contributed by atoms with Crippen molar-refractivity contribution in [1.82, 2.24) is 21.3 Å². The van der Waals surface area contributed by atoms with Crippen LogP contribution in [0.25, 0.3) is 0 Å². The number of primary amides is 1. The molecule has 2 aliphatic carbocycles.